The number of anilines is 1. The summed E-state index contributed by atoms with van der Waals surface area (Å²) in [6.45, 7) is 11.4. The van der Waals surface area contributed by atoms with Gasteiger partial charge in [0.05, 0.1) is 13.3 Å². The highest BCUT2D eigenvalue weighted by molar-refractivity contribution is 5.92. The molecule has 2 aromatic carbocycles. The first-order valence-electron chi connectivity index (χ1n) is 13.6. The Kier molecular flexibility index (Phi) is 9.01. The number of hydrogen-bond donors (Lipinski definition) is 1. The molecule has 8 nitrogen and oxygen atoms in total. The van der Waals surface area contributed by atoms with Gasteiger partial charge in [-0.2, -0.15) is 0 Å². The fourth-order valence-electron chi connectivity index (χ4n) is 5.35. The average Bonchev–Trinajstić information content (AvgIpc) is 3.42. The number of rotatable bonds is 6. The zero-order chi connectivity index (χ0) is 28.0. The van der Waals surface area contributed by atoms with Crippen molar-refractivity contribution in [2.75, 3.05) is 25.1 Å². The van der Waals surface area contributed by atoms with Crippen LogP contribution in [-0.4, -0.2) is 42.2 Å². The Morgan fingerprint density at radius 2 is 1.82 bits per heavy atom. The normalized spacial score (nSPS) is 16.4. The first kappa shape index (κ1) is 28.3. The minimum atomic E-state index is -0.679. The summed E-state index contributed by atoms with van der Waals surface area (Å²) in [6.07, 6.45) is 5.22. The molecule has 3 aromatic rings. The van der Waals surface area contributed by atoms with E-state index in [2.05, 4.69) is 38.4 Å². The second-order valence-corrected chi connectivity index (χ2v) is 9.45. The van der Waals surface area contributed by atoms with Crippen LogP contribution in [0.1, 0.15) is 62.0 Å². The summed E-state index contributed by atoms with van der Waals surface area (Å²) in [5, 5.41) is 3.38. The summed E-state index contributed by atoms with van der Waals surface area (Å²) < 4.78 is 30.8. The van der Waals surface area contributed by atoms with Gasteiger partial charge < -0.3 is 24.4 Å². The number of hydrogen-bond acceptors (Lipinski definition) is 8. The molecule has 0 atom stereocenters. The van der Waals surface area contributed by atoms with Crippen LogP contribution in [0.15, 0.2) is 48.9 Å². The molecule has 1 saturated carbocycles. The fraction of sp³-hybridized carbons (Fsp3) is 0.433. The highest BCUT2D eigenvalue weighted by Gasteiger charge is 2.54. The van der Waals surface area contributed by atoms with E-state index in [1.54, 1.807) is 6.20 Å². The fourth-order valence-corrected chi connectivity index (χ4v) is 5.35. The van der Waals surface area contributed by atoms with Gasteiger partial charge in [0.1, 0.15) is 35.3 Å². The van der Waals surface area contributed by atoms with Gasteiger partial charge in [0.25, 0.3) is 0 Å². The van der Waals surface area contributed by atoms with Gasteiger partial charge in [-0.15, -0.1) is 0 Å². The summed E-state index contributed by atoms with van der Waals surface area (Å²) in [6, 6.07) is 10.00. The Morgan fingerprint density at radius 1 is 1.05 bits per heavy atom. The molecule has 1 saturated heterocycles. The van der Waals surface area contributed by atoms with E-state index in [0.29, 0.717) is 11.6 Å². The lowest BCUT2D eigenvalue weighted by atomic mass is 9.61. The number of halogens is 1. The Hall–Kier alpha value is -3.72. The van der Waals surface area contributed by atoms with Crippen LogP contribution >= 0.6 is 0 Å². The molecule has 3 heterocycles. The Balaban J connectivity index is 0.000000845. The van der Waals surface area contributed by atoms with E-state index in [-0.39, 0.29) is 22.8 Å². The minimum absolute atomic E-state index is 0.00367. The first-order chi connectivity index (χ1) is 19.0. The van der Waals surface area contributed by atoms with Crippen molar-refractivity contribution >= 4 is 11.8 Å². The van der Waals surface area contributed by atoms with Crippen molar-refractivity contribution in [3.05, 3.63) is 71.4 Å². The van der Waals surface area contributed by atoms with E-state index in [9.17, 15) is 9.18 Å². The van der Waals surface area contributed by atoms with Gasteiger partial charge in [0.15, 0.2) is 11.6 Å². The second-order valence-electron chi connectivity index (χ2n) is 9.45. The number of benzene rings is 2. The Bertz CT molecular complexity index is 1290. The van der Waals surface area contributed by atoms with Crippen LogP contribution < -0.4 is 19.7 Å². The van der Waals surface area contributed by atoms with Crippen molar-refractivity contribution in [2.24, 2.45) is 5.41 Å². The average molecular weight is 537 g/mol. The van der Waals surface area contributed by atoms with Gasteiger partial charge in [0.2, 0.25) is 0 Å². The third-order valence-corrected chi connectivity index (χ3v) is 7.04. The smallest absolute Gasteiger partial charge is 0.341 e. The quantitative estimate of drug-likeness (QED) is 0.390. The molecular formula is C30H37FN4O4. The van der Waals surface area contributed by atoms with E-state index in [0.717, 1.165) is 50.8 Å². The standard InChI is InChI=1S/C26H25FN4O4.2C2H6/c1-33-25(32)19-7-17(27)5-6-22(19)35-23-12-29-15-30-24(23)31-13-26(14-31)8-18(9-26)34-21-4-2-3-16-10-28-11-20(16)21;2*1-2/h2-7,12,15,18,28H,8-11,13-14H2,1H3;2*1-2H3. The van der Waals surface area contributed by atoms with E-state index < -0.39 is 11.8 Å². The summed E-state index contributed by atoms with van der Waals surface area (Å²) in [5.74, 6) is 0.995. The molecule has 0 bridgehead atoms. The molecule has 208 valence electrons. The molecular weight excluding hydrogens is 499 g/mol. The maximum Gasteiger partial charge on any atom is 0.341 e. The molecule has 0 radical (unpaired) electrons. The maximum atomic E-state index is 13.7. The Morgan fingerprint density at radius 3 is 2.56 bits per heavy atom. The lowest BCUT2D eigenvalue weighted by Crippen LogP contribution is -2.65. The lowest BCUT2D eigenvalue weighted by Gasteiger charge is -2.59. The number of aromatic nitrogens is 2. The number of carbonyl (C=O) groups excluding carboxylic acids is 1. The van der Waals surface area contributed by atoms with Crippen LogP contribution in [0.2, 0.25) is 0 Å². The van der Waals surface area contributed by atoms with Gasteiger partial charge >= 0.3 is 5.97 Å². The number of methoxy groups -OCH3 is 1. The van der Waals surface area contributed by atoms with Crippen molar-refractivity contribution in [3.63, 3.8) is 0 Å². The molecule has 39 heavy (non-hydrogen) atoms. The highest BCUT2D eigenvalue weighted by Crippen LogP contribution is 2.52. The molecule has 1 spiro atoms. The minimum Gasteiger partial charge on any atom is -0.490 e. The van der Waals surface area contributed by atoms with Crippen molar-refractivity contribution in [3.8, 4) is 17.2 Å². The van der Waals surface area contributed by atoms with Gasteiger partial charge in [-0.3, -0.25) is 0 Å². The topological polar surface area (TPSA) is 85.8 Å². The number of fused-ring (bicyclic) bond motifs is 1. The van der Waals surface area contributed by atoms with E-state index in [1.165, 1.54) is 36.7 Å². The SMILES string of the molecule is CC.CC.COC(=O)c1cc(F)ccc1Oc1cncnc1N1CC2(CC(Oc3cccc4c3CNC4)C2)C1. The summed E-state index contributed by atoms with van der Waals surface area (Å²) in [7, 11) is 1.24. The van der Waals surface area contributed by atoms with Crippen LogP contribution in [0.3, 0.4) is 0 Å². The zero-order valence-electron chi connectivity index (χ0n) is 23.3. The molecule has 6 rings (SSSR count). The number of carbonyl (C=O) groups is 1. The van der Waals surface area contributed by atoms with Crippen LogP contribution in [0.25, 0.3) is 0 Å². The zero-order valence-corrected chi connectivity index (χ0v) is 23.3. The van der Waals surface area contributed by atoms with Crippen molar-refractivity contribution < 1.29 is 23.4 Å². The molecule has 9 heteroatoms. The van der Waals surface area contributed by atoms with Crippen molar-refractivity contribution in [2.45, 2.75) is 59.7 Å². The molecule has 1 aliphatic carbocycles. The second kappa shape index (κ2) is 12.4. The molecule has 0 unspecified atom stereocenters. The van der Waals surface area contributed by atoms with E-state index >= 15 is 0 Å². The third kappa shape index (κ3) is 5.83. The predicted molar refractivity (Wildman–Crippen MR) is 148 cm³/mol. The van der Waals surface area contributed by atoms with Crippen LogP contribution in [0.4, 0.5) is 10.2 Å². The summed E-state index contributed by atoms with van der Waals surface area (Å²) >= 11 is 0. The van der Waals surface area contributed by atoms with Gasteiger partial charge in [0, 0.05) is 37.2 Å². The largest absolute Gasteiger partial charge is 0.490 e. The van der Waals surface area contributed by atoms with Crippen molar-refractivity contribution in [1.29, 1.82) is 0 Å². The first-order valence-corrected chi connectivity index (χ1v) is 13.6. The molecule has 1 N–H and O–H groups in total. The third-order valence-electron chi connectivity index (χ3n) is 7.04. The summed E-state index contributed by atoms with van der Waals surface area (Å²) in [4.78, 5) is 22.7. The monoisotopic (exact) mass is 536 g/mol. The Labute approximate surface area is 229 Å². The van der Waals surface area contributed by atoms with E-state index in [1.807, 2.05) is 27.7 Å². The number of ether oxygens (including phenoxy) is 3. The molecule has 1 aromatic heterocycles. The van der Waals surface area contributed by atoms with Gasteiger partial charge in [-0.05, 0) is 42.7 Å². The summed E-state index contributed by atoms with van der Waals surface area (Å²) in [5.41, 5.74) is 2.80. The highest BCUT2D eigenvalue weighted by atomic mass is 19.1. The van der Waals surface area contributed by atoms with Crippen LogP contribution in [0, 0.1) is 11.2 Å². The van der Waals surface area contributed by atoms with Gasteiger partial charge in [-0.1, -0.05) is 39.8 Å². The number of nitrogens with one attached hydrogen (secondary N) is 1. The van der Waals surface area contributed by atoms with E-state index in [4.69, 9.17) is 14.2 Å². The molecule has 3 aliphatic rings. The maximum absolute atomic E-state index is 13.7. The van der Waals surface area contributed by atoms with Crippen molar-refractivity contribution in [1.82, 2.24) is 15.3 Å². The molecule has 2 aliphatic heterocycles. The predicted octanol–water partition coefficient (Wildman–Crippen LogP) is 5.90. The molecule has 2 fully saturated rings. The van der Waals surface area contributed by atoms with Crippen LogP contribution in [-0.2, 0) is 17.8 Å². The van der Waals surface area contributed by atoms with Gasteiger partial charge in [-0.25, -0.2) is 19.2 Å². The number of nitrogens with zero attached hydrogens (tertiary/aromatic N) is 3. The molecule has 0 amide bonds. The number of esters is 1. The van der Waals surface area contributed by atoms with Crippen LogP contribution in [0.5, 0.6) is 17.2 Å². The lowest BCUT2D eigenvalue weighted by molar-refractivity contribution is -0.0348.